The van der Waals surface area contributed by atoms with Crippen LogP contribution < -0.4 is 10.9 Å². The van der Waals surface area contributed by atoms with Gasteiger partial charge in [-0.25, -0.2) is 4.79 Å². The van der Waals surface area contributed by atoms with Crippen LogP contribution in [0.5, 0.6) is 0 Å². The van der Waals surface area contributed by atoms with Crippen LogP contribution in [0.3, 0.4) is 0 Å². The highest BCUT2D eigenvalue weighted by atomic mass is 16.5. The molecule has 0 fully saturated rings. The van der Waals surface area contributed by atoms with Crippen LogP contribution in [-0.4, -0.2) is 25.7 Å². The smallest absolute Gasteiger partial charge is 0.349 e. The molecule has 5 nitrogen and oxygen atoms in total. The third-order valence-corrected chi connectivity index (χ3v) is 3.70. The van der Waals surface area contributed by atoms with E-state index < -0.39 is 5.63 Å². The molecule has 0 aromatic carbocycles. The Labute approximate surface area is 138 Å². The largest absolute Gasteiger partial charge is 0.427 e. The quantitative estimate of drug-likeness (QED) is 0.670. The molecule has 1 N–H and O–H groups in total. The van der Waals surface area contributed by atoms with Gasteiger partial charge in [0.1, 0.15) is 11.3 Å². The Kier molecular flexibility index (Phi) is 8.62. The second-order valence-corrected chi connectivity index (χ2v) is 5.91. The molecule has 0 spiro atoms. The molecular formula is C18H29NO4. The number of amides is 1. The Hall–Kier alpha value is -1.62. The molecule has 1 heterocycles. The Bertz CT molecular complexity index is 550. The van der Waals surface area contributed by atoms with Gasteiger partial charge in [0.25, 0.3) is 5.91 Å². The van der Waals surface area contributed by atoms with Gasteiger partial charge >= 0.3 is 5.63 Å². The summed E-state index contributed by atoms with van der Waals surface area (Å²) in [5.41, 5.74) is 0.216. The van der Waals surface area contributed by atoms with E-state index in [2.05, 4.69) is 19.2 Å². The number of nitrogens with one attached hydrogen (secondary N) is 1. The maximum Gasteiger partial charge on any atom is 0.349 e. The van der Waals surface area contributed by atoms with Crippen molar-refractivity contribution < 1.29 is 13.9 Å². The number of rotatable bonds is 10. The maximum absolute atomic E-state index is 12.2. The lowest BCUT2D eigenvalue weighted by atomic mass is 10.0. The third-order valence-electron chi connectivity index (χ3n) is 3.70. The minimum atomic E-state index is -0.553. The lowest BCUT2D eigenvalue weighted by Gasteiger charge is -2.12. The summed E-state index contributed by atoms with van der Waals surface area (Å²) in [5, 5.41) is 2.75. The third kappa shape index (κ3) is 6.18. The lowest BCUT2D eigenvalue weighted by Crippen LogP contribution is -2.31. The maximum atomic E-state index is 12.2. The zero-order valence-corrected chi connectivity index (χ0v) is 14.7. The van der Waals surface area contributed by atoms with Crippen LogP contribution in [0, 0.1) is 6.92 Å². The van der Waals surface area contributed by atoms with E-state index in [0.29, 0.717) is 24.5 Å². The number of carbonyl (C=O) groups is 1. The Morgan fingerprint density at radius 3 is 2.65 bits per heavy atom. The predicted octanol–water partition coefficient (Wildman–Crippen LogP) is 3.40. The van der Waals surface area contributed by atoms with Gasteiger partial charge in [-0.05, 0) is 37.8 Å². The van der Waals surface area contributed by atoms with E-state index in [9.17, 15) is 9.59 Å². The molecule has 1 amide bonds. The first kappa shape index (κ1) is 19.4. The number of carbonyl (C=O) groups excluding carboxylic acids is 1. The first-order valence-electron chi connectivity index (χ1n) is 8.51. The Morgan fingerprint density at radius 1 is 1.30 bits per heavy atom. The first-order valence-corrected chi connectivity index (χ1v) is 8.51. The topological polar surface area (TPSA) is 68.5 Å². The fourth-order valence-corrected chi connectivity index (χ4v) is 2.43. The molecule has 0 saturated heterocycles. The number of hydrogen-bond acceptors (Lipinski definition) is 4. The molecule has 1 rings (SSSR count). The Balaban J connectivity index is 2.65. The Morgan fingerprint density at radius 2 is 2.04 bits per heavy atom. The second kappa shape index (κ2) is 10.2. The summed E-state index contributed by atoms with van der Waals surface area (Å²) in [6, 6.07) is 1.81. The molecule has 0 aliphatic rings. The van der Waals surface area contributed by atoms with Gasteiger partial charge in [-0.2, -0.15) is 0 Å². The number of ether oxygens (including phenoxy) is 1. The van der Waals surface area contributed by atoms with Crippen LogP contribution in [0.4, 0.5) is 0 Å². The van der Waals surface area contributed by atoms with Crippen molar-refractivity contribution in [3.63, 3.8) is 0 Å². The van der Waals surface area contributed by atoms with Crippen LogP contribution in [0.25, 0.3) is 0 Å². The molecule has 23 heavy (non-hydrogen) atoms. The van der Waals surface area contributed by atoms with Gasteiger partial charge in [0.05, 0.1) is 0 Å². The van der Waals surface area contributed by atoms with Gasteiger partial charge in [-0.3, -0.25) is 4.79 Å². The van der Waals surface area contributed by atoms with Crippen LogP contribution in [0.1, 0.15) is 74.1 Å². The molecular weight excluding hydrogens is 294 g/mol. The fraction of sp³-hybridized carbons (Fsp3) is 0.667. The van der Waals surface area contributed by atoms with E-state index in [-0.39, 0.29) is 17.4 Å². The SMILES string of the molecule is CCCOCCCNC(=O)c1c(C)cc(C(C)CCC)oc1=O. The average molecular weight is 323 g/mol. The van der Waals surface area contributed by atoms with Gasteiger partial charge in [0, 0.05) is 25.7 Å². The van der Waals surface area contributed by atoms with Crippen molar-refractivity contribution in [2.45, 2.75) is 59.3 Å². The van der Waals surface area contributed by atoms with Crippen molar-refractivity contribution in [2.75, 3.05) is 19.8 Å². The molecule has 0 aliphatic carbocycles. The minimum Gasteiger partial charge on any atom is -0.427 e. The summed E-state index contributed by atoms with van der Waals surface area (Å²) in [5.74, 6) is 0.458. The van der Waals surface area contributed by atoms with E-state index in [4.69, 9.17) is 9.15 Å². The van der Waals surface area contributed by atoms with E-state index in [1.54, 1.807) is 13.0 Å². The van der Waals surface area contributed by atoms with Crippen LogP contribution >= 0.6 is 0 Å². The summed E-state index contributed by atoms with van der Waals surface area (Å²) in [6.07, 6.45) is 3.68. The minimum absolute atomic E-state index is 0.104. The zero-order chi connectivity index (χ0) is 17.2. The van der Waals surface area contributed by atoms with Crippen molar-refractivity contribution in [1.82, 2.24) is 5.32 Å². The highest BCUT2D eigenvalue weighted by Crippen LogP contribution is 2.21. The van der Waals surface area contributed by atoms with Crippen molar-refractivity contribution >= 4 is 5.91 Å². The molecule has 1 aromatic rings. The number of hydrogen-bond donors (Lipinski definition) is 1. The average Bonchev–Trinajstić information content (AvgIpc) is 2.50. The fourth-order valence-electron chi connectivity index (χ4n) is 2.43. The van der Waals surface area contributed by atoms with Crippen LogP contribution in [-0.2, 0) is 4.74 Å². The molecule has 0 radical (unpaired) electrons. The van der Waals surface area contributed by atoms with Crippen LogP contribution in [0.2, 0.25) is 0 Å². The van der Waals surface area contributed by atoms with Gasteiger partial charge in [0.2, 0.25) is 0 Å². The van der Waals surface area contributed by atoms with Crippen molar-refractivity contribution in [2.24, 2.45) is 0 Å². The van der Waals surface area contributed by atoms with Gasteiger partial charge < -0.3 is 14.5 Å². The first-order chi connectivity index (χ1) is 11.0. The molecule has 1 unspecified atom stereocenters. The van der Waals surface area contributed by atoms with Crippen molar-refractivity contribution in [1.29, 1.82) is 0 Å². The molecule has 130 valence electrons. The monoisotopic (exact) mass is 323 g/mol. The number of aryl methyl sites for hydroxylation is 1. The summed E-state index contributed by atoms with van der Waals surface area (Å²) in [4.78, 5) is 24.3. The van der Waals surface area contributed by atoms with E-state index in [1.165, 1.54) is 0 Å². The normalized spacial score (nSPS) is 12.2. The summed E-state index contributed by atoms with van der Waals surface area (Å²) >= 11 is 0. The molecule has 1 atom stereocenters. The highest BCUT2D eigenvalue weighted by Gasteiger charge is 2.18. The van der Waals surface area contributed by atoms with Gasteiger partial charge in [0.15, 0.2) is 0 Å². The zero-order valence-electron chi connectivity index (χ0n) is 14.7. The summed E-state index contributed by atoms with van der Waals surface area (Å²) < 4.78 is 10.7. The molecule has 1 aromatic heterocycles. The predicted molar refractivity (Wildman–Crippen MR) is 91.1 cm³/mol. The molecule has 0 bridgehead atoms. The second-order valence-electron chi connectivity index (χ2n) is 5.91. The van der Waals surface area contributed by atoms with Crippen molar-refractivity contribution in [3.05, 3.63) is 33.4 Å². The molecule has 0 saturated carbocycles. The molecule has 5 heteroatoms. The standard InChI is InChI=1S/C18H29NO4/c1-5-8-13(3)15-12-14(4)16(18(21)23-15)17(20)19-9-7-11-22-10-6-2/h12-13H,5-11H2,1-4H3,(H,19,20). The van der Waals surface area contributed by atoms with Crippen molar-refractivity contribution in [3.8, 4) is 0 Å². The van der Waals surface area contributed by atoms with Gasteiger partial charge in [-0.1, -0.05) is 27.2 Å². The summed E-state index contributed by atoms with van der Waals surface area (Å²) in [7, 11) is 0. The van der Waals surface area contributed by atoms with Gasteiger partial charge in [-0.15, -0.1) is 0 Å². The van der Waals surface area contributed by atoms with E-state index in [0.717, 1.165) is 32.3 Å². The van der Waals surface area contributed by atoms with E-state index in [1.807, 2.05) is 6.92 Å². The summed E-state index contributed by atoms with van der Waals surface area (Å²) in [6.45, 7) is 9.76. The van der Waals surface area contributed by atoms with E-state index >= 15 is 0 Å². The van der Waals surface area contributed by atoms with Crippen LogP contribution in [0.15, 0.2) is 15.3 Å². The molecule has 0 aliphatic heterocycles. The lowest BCUT2D eigenvalue weighted by molar-refractivity contribution is 0.0936. The highest BCUT2D eigenvalue weighted by molar-refractivity contribution is 5.95.